The fourth-order valence-corrected chi connectivity index (χ4v) is 5.12. The molecular weight excluding hydrogens is 199 g/mol. The lowest BCUT2D eigenvalue weighted by atomic mass is 10.1. The summed E-state index contributed by atoms with van der Waals surface area (Å²) in [5.41, 5.74) is -1.04. The van der Waals surface area contributed by atoms with Crippen LogP contribution in [0, 0.1) is 0 Å². The standard InChI is InChI=1S/C7H14ClO3P/c1-3-11-12(10)4-6(8)7(2,9)5-12/h6,9H,3-5H2,1-2H3. The van der Waals surface area contributed by atoms with Crippen molar-refractivity contribution in [1.29, 1.82) is 0 Å². The Balaban J connectivity index is 2.71. The molecule has 0 amide bonds. The zero-order valence-corrected chi connectivity index (χ0v) is 8.94. The van der Waals surface area contributed by atoms with Gasteiger partial charge in [0.2, 0.25) is 7.37 Å². The van der Waals surface area contributed by atoms with E-state index >= 15 is 0 Å². The lowest BCUT2D eigenvalue weighted by molar-refractivity contribution is 0.0909. The van der Waals surface area contributed by atoms with Crippen molar-refractivity contribution in [2.45, 2.75) is 24.8 Å². The molecule has 1 aliphatic heterocycles. The third-order valence-corrected chi connectivity index (χ3v) is 5.65. The Morgan fingerprint density at radius 1 is 1.83 bits per heavy atom. The van der Waals surface area contributed by atoms with Crippen LogP contribution < -0.4 is 0 Å². The Kier molecular flexibility index (Phi) is 2.89. The molecule has 72 valence electrons. The molecule has 1 aliphatic rings. The molecule has 5 heteroatoms. The van der Waals surface area contributed by atoms with E-state index in [-0.39, 0.29) is 12.3 Å². The van der Waals surface area contributed by atoms with Gasteiger partial charge in [-0.15, -0.1) is 11.6 Å². The second-order valence-electron chi connectivity index (χ2n) is 3.40. The quantitative estimate of drug-likeness (QED) is 0.560. The van der Waals surface area contributed by atoms with Crippen LogP contribution in [0.3, 0.4) is 0 Å². The largest absolute Gasteiger partial charge is 0.388 e. The van der Waals surface area contributed by atoms with Gasteiger partial charge in [0.15, 0.2) is 0 Å². The molecule has 0 aliphatic carbocycles. The molecule has 0 aromatic carbocycles. The van der Waals surface area contributed by atoms with E-state index in [0.717, 1.165) is 0 Å². The molecular formula is C7H14ClO3P. The molecule has 1 fully saturated rings. The minimum absolute atomic E-state index is 0.183. The van der Waals surface area contributed by atoms with Gasteiger partial charge in [-0.05, 0) is 13.8 Å². The van der Waals surface area contributed by atoms with E-state index in [0.29, 0.717) is 6.61 Å². The van der Waals surface area contributed by atoms with Crippen molar-refractivity contribution in [3.63, 3.8) is 0 Å². The molecule has 12 heavy (non-hydrogen) atoms. The molecule has 1 heterocycles. The normalized spacial score (nSPS) is 48.2. The van der Waals surface area contributed by atoms with Crippen LogP contribution >= 0.6 is 19.0 Å². The van der Waals surface area contributed by atoms with Crippen molar-refractivity contribution in [3.8, 4) is 0 Å². The molecule has 1 N–H and O–H groups in total. The first-order valence-electron chi connectivity index (χ1n) is 3.99. The summed E-state index contributed by atoms with van der Waals surface area (Å²) < 4.78 is 16.9. The van der Waals surface area contributed by atoms with Crippen molar-refractivity contribution < 1.29 is 14.2 Å². The average molecular weight is 213 g/mol. The SMILES string of the molecule is CCOP1(=O)CC(Cl)C(C)(O)C1. The maximum atomic E-state index is 11.8. The topological polar surface area (TPSA) is 46.5 Å². The highest BCUT2D eigenvalue weighted by molar-refractivity contribution is 7.59. The van der Waals surface area contributed by atoms with Crippen LogP contribution in [0.25, 0.3) is 0 Å². The summed E-state index contributed by atoms with van der Waals surface area (Å²) in [5, 5.41) is 9.19. The molecule has 0 bridgehead atoms. The summed E-state index contributed by atoms with van der Waals surface area (Å²) in [6.45, 7) is 3.80. The fraction of sp³-hybridized carbons (Fsp3) is 1.00. The van der Waals surface area contributed by atoms with Crippen molar-refractivity contribution in [2.24, 2.45) is 0 Å². The second kappa shape index (κ2) is 3.30. The Labute approximate surface area is 77.5 Å². The van der Waals surface area contributed by atoms with E-state index < -0.39 is 18.3 Å². The summed E-state index contributed by atoms with van der Waals surface area (Å²) in [6, 6.07) is 0. The molecule has 3 nitrogen and oxygen atoms in total. The van der Waals surface area contributed by atoms with E-state index in [1.54, 1.807) is 13.8 Å². The number of aliphatic hydroxyl groups is 1. The van der Waals surface area contributed by atoms with E-state index in [1.807, 2.05) is 0 Å². The van der Waals surface area contributed by atoms with Crippen molar-refractivity contribution in [2.75, 3.05) is 18.9 Å². The van der Waals surface area contributed by atoms with E-state index in [9.17, 15) is 9.67 Å². The first kappa shape index (κ1) is 10.5. The van der Waals surface area contributed by atoms with Crippen molar-refractivity contribution in [1.82, 2.24) is 0 Å². The smallest absolute Gasteiger partial charge is 0.207 e. The highest BCUT2D eigenvalue weighted by Gasteiger charge is 2.48. The molecule has 0 saturated carbocycles. The van der Waals surface area contributed by atoms with Gasteiger partial charge in [-0.1, -0.05) is 0 Å². The summed E-state index contributed by atoms with van der Waals surface area (Å²) in [7, 11) is -2.63. The molecule has 3 atom stereocenters. The van der Waals surface area contributed by atoms with E-state index in [4.69, 9.17) is 16.1 Å². The van der Waals surface area contributed by atoms with E-state index in [2.05, 4.69) is 0 Å². The van der Waals surface area contributed by atoms with Gasteiger partial charge < -0.3 is 9.63 Å². The van der Waals surface area contributed by atoms with Gasteiger partial charge in [0.1, 0.15) is 0 Å². The lowest BCUT2D eigenvalue weighted by Crippen LogP contribution is -2.33. The van der Waals surface area contributed by atoms with Crippen LogP contribution in [0.5, 0.6) is 0 Å². The third-order valence-electron chi connectivity index (χ3n) is 2.04. The predicted octanol–water partition coefficient (Wildman–Crippen LogP) is 1.67. The van der Waals surface area contributed by atoms with Crippen LogP contribution in [-0.4, -0.2) is 35.0 Å². The molecule has 0 aromatic rings. The highest BCUT2D eigenvalue weighted by atomic mass is 35.5. The molecule has 0 radical (unpaired) electrons. The zero-order chi connectivity index (χ0) is 9.41. The lowest BCUT2D eigenvalue weighted by Gasteiger charge is -2.18. The Bertz CT molecular complexity index is 217. The van der Waals surface area contributed by atoms with E-state index in [1.165, 1.54) is 0 Å². The fourth-order valence-electron chi connectivity index (χ4n) is 1.43. The van der Waals surface area contributed by atoms with Gasteiger partial charge in [-0.25, -0.2) is 0 Å². The van der Waals surface area contributed by atoms with Gasteiger partial charge in [0, 0.05) is 6.16 Å². The molecule has 1 rings (SSSR count). The van der Waals surface area contributed by atoms with Crippen LogP contribution in [-0.2, 0) is 9.09 Å². The van der Waals surface area contributed by atoms with Crippen LogP contribution in [0.4, 0.5) is 0 Å². The first-order valence-corrected chi connectivity index (χ1v) is 6.42. The van der Waals surface area contributed by atoms with Gasteiger partial charge in [0.25, 0.3) is 0 Å². The minimum Gasteiger partial charge on any atom is -0.388 e. The van der Waals surface area contributed by atoms with Gasteiger partial charge >= 0.3 is 0 Å². The Morgan fingerprint density at radius 2 is 2.42 bits per heavy atom. The summed E-state index contributed by atoms with van der Waals surface area (Å²) >= 11 is 5.82. The molecule has 1 saturated heterocycles. The summed E-state index contributed by atoms with van der Waals surface area (Å²) in [5.74, 6) is 0. The number of hydrogen-bond acceptors (Lipinski definition) is 3. The van der Waals surface area contributed by atoms with Crippen LogP contribution in [0.15, 0.2) is 0 Å². The monoisotopic (exact) mass is 212 g/mol. The zero-order valence-electron chi connectivity index (χ0n) is 7.29. The minimum atomic E-state index is -2.63. The van der Waals surface area contributed by atoms with Crippen LogP contribution in [0.1, 0.15) is 13.8 Å². The molecule has 0 aromatic heterocycles. The summed E-state index contributed by atoms with van der Waals surface area (Å²) in [4.78, 5) is 0. The van der Waals surface area contributed by atoms with Crippen LogP contribution in [0.2, 0.25) is 0 Å². The van der Waals surface area contributed by atoms with Gasteiger partial charge in [0.05, 0.1) is 23.7 Å². The van der Waals surface area contributed by atoms with Crippen molar-refractivity contribution in [3.05, 3.63) is 0 Å². The Hall–Kier alpha value is 0.440. The molecule has 0 spiro atoms. The van der Waals surface area contributed by atoms with Gasteiger partial charge in [-0.2, -0.15) is 0 Å². The molecule has 3 unspecified atom stereocenters. The first-order chi connectivity index (χ1) is 5.40. The number of alkyl halides is 1. The second-order valence-corrected chi connectivity index (χ2v) is 6.49. The van der Waals surface area contributed by atoms with Gasteiger partial charge in [-0.3, -0.25) is 4.57 Å². The maximum absolute atomic E-state index is 11.8. The number of rotatable bonds is 2. The maximum Gasteiger partial charge on any atom is 0.207 e. The third kappa shape index (κ3) is 2.02. The summed E-state index contributed by atoms with van der Waals surface area (Å²) in [6.07, 6.45) is 0.470. The average Bonchev–Trinajstić information content (AvgIpc) is 2.02. The number of halogens is 1. The predicted molar refractivity (Wildman–Crippen MR) is 49.2 cm³/mol. The van der Waals surface area contributed by atoms with Crippen molar-refractivity contribution >= 4 is 19.0 Å². The Morgan fingerprint density at radius 3 is 2.75 bits per heavy atom. The number of hydrogen-bond donors (Lipinski definition) is 1. The highest BCUT2D eigenvalue weighted by Crippen LogP contribution is 2.57.